The second-order valence-corrected chi connectivity index (χ2v) is 9.33. The van der Waals surface area contributed by atoms with Crippen LogP contribution in [-0.2, 0) is 5.41 Å². The predicted molar refractivity (Wildman–Crippen MR) is 118 cm³/mol. The van der Waals surface area contributed by atoms with Gasteiger partial charge in [-0.25, -0.2) is 13.8 Å². The quantitative estimate of drug-likeness (QED) is 0.572. The average Bonchev–Trinajstić information content (AvgIpc) is 3.47. The Labute approximate surface area is 189 Å². The number of carbonyl (C=O) groups excluding carboxylic acids is 1. The lowest BCUT2D eigenvalue weighted by Gasteiger charge is -2.46. The van der Waals surface area contributed by atoms with Crippen LogP contribution >= 0.6 is 0 Å². The minimum Gasteiger partial charge on any atom is -0.486 e. The number of amides is 1. The van der Waals surface area contributed by atoms with E-state index in [2.05, 4.69) is 16.0 Å². The largest absolute Gasteiger partial charge is 0.486 e. The monoisotopic (exact) mass is 453 g/mol. The molecule has 1 fully saturated rings. The minimum atomic E-state index is -2.69. The number of aromatic amines is 1. The van der Waals surface area contributed by atoms with Gasteiger partial charge in [-0.3, -0.25) is 4.79 Å². The normalized spacial score (nSPS) is 21.1. The van der Waals surface area contributed by atoms with E-state index in [-0.39, 0.29) is 23.2 Å². The summed E-state index contributed by atoms with van der Waals surface area (Å²) < 4.78 is 37.8. The number of fused-ring (bicyclic) bond motifs is 4. The van der Waals surface area contributed by atoms with Gasteiger partial charge in [-0.15, -0.1) is 0 Å². The molecule has 1 aliphatic carbocycles. The maximum Gasteiger partial charge on any atom is 0.295 e. The van der Waals surface area contributed by atoms with Gasteiger partial charge in [-0.1, -0.05) is 12.8 Å². The van der Waals surface area contributed by atoms with Crippen LogP contribution in [0.25, 0.3) is 11.0 Å². The number of nitrogens with one attached hydrogen (secondary N) is 1. The van der Waals surface area contributed by atoms with E-state index in [1.807, 2.05) is 17.9 Å². The van der Waals surface area contributed by atoms with Gasteiger partial charge in [0.15, 0.2) is 17.3 Å². The molecule has 1 spiro atoms. The summed E-state index contributed by atoms with van der Waals surface area (Å²) in [6, 6.07) is 8.96. The summed E-state index contributed by atoms with van der Waals surface area (Å²) in [5.74, 6) is 1.03. The van der Waals surface area contributed by atoms with Gasteiger partial charge >= 0.3 is 0 Å². The Morgan fingerprint density at radius 2 is 1.88 bits per heavy atom. The van der Waals surface area contributed by atoms with Crippen molar-refractivity contribution in [2.75, 3.05) is 19.8 Å². The molecule has 1 saturated carbocycles. The molecule has 3 aliphatic rings. The molecule has 172 valence electrons. The fraction of sp³-hybridized carbons (Fsp3) is 0.440. The lowest BCUT2D eigenvalue weighted by molar-refractivity contribution is 0.0593. The number of hydrogen-bond acceptors (Lipinski definition) is 4. The van der Waals surface area contributed by atoms with E-state index >= 15 is 0 Å². The van der Waals surface area contributed by atoms with Crippen LogP contribution in [0.4, 0.5) is 8.78 Å². The number of aromatic nitrogens is 2. The Hall–Kier alpha value is -3.16. The maximum atomic E-state index is 13.7. The first-order chi connectivity index (χ1) is 15.9. The van der Waals surface area contributed by atoms with Crippen molar-refractivity contribution in [2.45, 2.75) is 50.5 Å². The lowest BCUT2D eigenvalue weighted by atomic mass is 9.71. The molecule has 0 saturated heterocycles. The van der Waals surface area contributed by atoms with E-state index in [0.29, 0.717) is 36.4 Å². The van der Waals surface area contributed by atoms with Crippen molar-refractivity contribution in [1.82, 2.24) is 14.9 Å². The Kier molecular flexibility index (Phi) is 4.61. The Morgan fingerprint density at radius 3 is 2.61 bits per heavy atom. The van der Waals surface area contributed by atoms with Crippen molar-refractivity contribution in [3.8, 4) is 11.5 Å². The number of imidazole rings is 1. The molecule has 33 heavy (non-hydrogen) atoms. The number of ether oxygens (including phenoxy) is 2. The predicted octanol–water partition coefficient (Wildman–Crippen LogP) is 5.30. The van der Waals surface area contributed by atoms with Crippen molar-refractivity contribution >= 4 is 16.9 Å². The van der Waals surface area contributed by atoms with E-state index < -0.39 is 6.43 Å². The third-order valence-corrected chi connectivity index (χ3v) is 7.45. The highest BCUT2D eigenvalue weighted by molar-refractivity contribution is 5.98. The zero-order chi connectivity index (χ0) is 22.7. The molecule has 1 atom stereocenters. The first-order valence-electron chi connectivity index (χ1n) is 11.5. The van der Waals surface area contributed by atoms with Gasteiger partial charge in [-0.2, -0.15) is 0 Å². The van der Waals surface area contributed by atoms with Crippen LogP contribution in [-0.4, -0.2) is 40.5 Å². The molecule has 1 amide bonds. The molecule has 8 heteroatoms. The van der Waals surface area contributed by atoms with Gasteiger partial charge in [0.1, 0.15) is 13.2 Å². The lowest BCUT2D eigenvalue weighted by Crippen LogP contribution is -2.48. The number of carbonyl (C=O) groups is 1. The molecule has 0 bridgehead atoms. The second kappa shape index (κ2) is 7.43. The highest BCUT2D eigenvalue weighted by atomic mass is 19.3. The van der Waals surface area contributed by atoms with Crippen LogP contribution < -0.4 is 9.47 Å². The summed E-state index contributed by atoms with van der Waals surface area (Å²) in [7, 11) is 0. The summed E-state index contributed by atoms with van der Waals surface area (Å²) in [4.78, 5) is 22.2. The summed E-state index contributed by atoms with van der Waals surface area (Å²) in [6.45, 7) is 3.72. The first kappa shape index (κ1) is 20.4. The third kappa shape index (κ3) is 3.18. The van der Waals surface area contributed by atoms with E-state index in [1.165, 1.54) is 5.56 Å². The first-order valence-corrected chi connectivity index (χ1v) is 11.5. The molecular formula is C25H25F2N3O3. The molecule has 3 aromatic rings. The highest BCUT2D eigenvalue weighted by Crippen LogP contribution is 2.52. The number of H-pyrrole nitrogens is 1. The van der Waals surface area contributed by atoms with Crippen LogP contribution in [0.1, 0.15) is 72.4 Å². The molecule has 6 nitrogen and oxygen atoms in total. The third-order valence-electron chi connectivity index (χ3n) is 7.45. The second-order valence-electron chi connectivity index (χ2n) is 9.33. The molecule has 0 radical (unpaired) electrons. The van der Waals surface area contributed by atoms with Crippen LogP contribution in [0.15, 0.2) is 30.3 Å². The minimum absolute atomic E-state index is 0.103. The van der Waals surface area contributed by atoms with Crippen LogP contribution in [0, 0.1) is 0 Å². The number of nitrogens with zero attached hydrogens (tertiary/aromatic N) is 2. The molecule has 1 aromatic heterocycles. The number of benzene rings is 2. The molecule has 6 rings (SSSR count). The van der Waals surface area contributed by atoms with Gasteiger partial charge in [0.25, 0.3) is 12.3 Å². The van der Waals surface area contributed by atoms with E-state index in [9.17, 15) is 13.6 Å². The van der Waals surface area contributed by atoms with Gasteiger partial charge in [0, 0.05) is 17.5 Å². The number of hydrogen-bond donors (Lipinski definition) is 1. The number of halogens is 2. The van der Waals surface area contributed by atoms with Gasteiger partial charge in [0.2, 0.25) is 0 Å². The van der Waals surface area contributed by atoms with Gasteiger partial charge in [0.05, 0.1) is 17.1 Å². The van der Waals surface area contributed by atoms with Crippen molar-refractivity contribution in [2.24, 2.45) is 0 Å². The van der Waals surface area contributed by atoms with Crippen LogP contribution in [0.5, 0.6) is 11.5 Å². The molecule has 2 aromatic carbocycles. The zero-order valence-corrected chi connectivity index (χ0v) is 18.4. The molecule has 1 N–H and O–H groups in total. The van der Waals surface area contributed by atoms with Crippen molar-refractivity contribution in [3.05, 3.63) is 52.8 Å². The van der Waals surface area contributed by atoms with Crippen molar-refractivity contribution in [1.29, 1.82) is 0 Å². The van der Waals surface area contributed by atoms with E-state index in [4.69, 9.17) is 9.47 Å². The summed E-state index contributed by atoms with van der Waals surface area (Å²) in [6.07, 6.45) is 1.61. The molecular weight excluding hydrogens is 428 g/mol. The topological polar surface area (TPSA) is 67.5 Å². The average molecular weight is 453 g/mol. The SMILES string of the molecule is CC1c2cc3c(cc2C2(CCCC2)CN1C(=O)c1ccc2nc(C(F)F)[nH]c2c1)OCCO3. The van der Waals surface area contributed by atoms with E-state index in [0.717, 1.165) is 42.7 Å². The van der Waals surface area contributed by atoms with E-state index in [1.54, 1.807) is 18.2 Å². The van der Waals surface area contributed by atoms with Crippen LogP contribution in [0.3, 0.4) is 0 Å². The van der Waals surface area contributed by atoms with Gasteiger partial charge < -0.3 is 19.4 Å². The number of alkyl halides is 2. The standard InChI is InChI=1S/C25H25F2N3O3/c1-14-16-11-20-21(33-9-8-32-20)12-17(16)25(6-2-3-7-25)13-30(14)24(31)15-4-5-18-19(10-15)29-23(28-18)22(26)27/h4-5,10-12,14,22H,2-3,6-9,13H2,1H3,(H,28,29). The van der Waals surface area contributed by atoms with Crippen molar-refractivity contribution in [3.63, 3.8) is 0 Å². The Bertz CT molecular complexity index is 1250. The van der Waals surface area contributed by atoms with Gasteiger partial charge in [-0.05, 0) is 61.2 Å². The Balaban J connectivity index is 1.40. The maximum absolute atomic E-state index is 13.7. The molecule has 2 aliphatic heterocycles. The molecule has 3 heterocycles. The summed E-state index contributed by atoms with van der Waals surface area (Å²) in [5, 5.41) is 0. The molecule has 1 unspecified atom stereocenters. The summed E-state index contributed by atoms with van der Waals surface area (Å²) >= 11 is 0. The zero-order valence-electron chi connectivity index (χ0n) is 18.4. The van der Waals surface area contributed by atoms with Crippen molar-refractivity contribution < 1.29 is 23.0 Å². The fourth-order valence-electron chi connectivity index (χ4n) is 5.78. The smallest absolute Gasteiger partial charge is 0.295 e. The fourth-order valence-corrected chi connectivity index (χ4v) is 5.78. The Morgan fingerprint density at radius 1 is 1.15 bits per heavy atom. The number of rotatable bonds is 2. The summed E-state index contributed by atoms with van der Waals surface area (Å²) in [5.41, 5.74) is 3.60. The highest BCUT2D eigenvalue weighted by Gasteiger charge is 2.46. The van der Waals surface area contributed by atoms with Crippen LogP contribution in [0.2, 0.25) is 0 Å².